The first-order chi connectivity index (χ1) is 5.81. The third-order valence-corrected chi connectivity index (χ3v) is 2.79. The Labute approximate surface area is 97.9 Å². The summed E-state index contributed by atoms with van der Waals surface area (Å²) >= 11 is 1.41. The zero-order valence-electron chi connectivity index (χ0n) is 7.40. The molecule has 0 bridgehead atoms. The van der Waals surface area contributed by atoms with E-state index in [-0.39, 0.29) is 30.8 Å². The molecule has 0 atom stereocenters. The van der Waals surface area contributed by atoms with E-state index in [9.17, 15) is 4.79 Å². The molecule has 1 aliphatic heterocycles. The van der Waals surface area contributed by atoms with Gasteiger partial charge in [-0.2, -0.15) is 0 Å². The summed E-state index contributed by atoms with van der Waals surface area (Å²) < 4.78 is 4.56. The van der Waals surface area contributed by atoms with Gasteiger partial charge in [-0.25, -0.2) is 9.78 Å². The molecule has 80 valence electrons. The van der Waals surface area contributed by atoms with Gasteiger partial charge in [-0.05, 0) is 0 Å². The van der Waals surface area contributed by atoms with Crippen molar-refractivity contribution in [3.05, 3.63) is 15.6 Å². The van der Waals surface area contributed by atoms with Crippen LogP contribution in [0.2, 0.25) is 0 Å². The molecule has 1 aromatic heterocycles. The van der Waals surface area contributed by atoms with Crippen LogP contribution in [0.25, 0.3) is 0 Å². The standard InChI is InChI=1S/C7H8N2O2S.2ClH/c1-11-7(10)6-9-4-2-8-3-5(4)12-6;;/h8H,2-3H2,1H3;2*1H. The largest absolute Gasteiger partial charge is 0.464 e. The lowest BCUT2D eigenvalue weighted by molar-refractivity contribution is 0.0600. The van der Waals surface area contributed by atoms with E-state index in [0.29, 0.717) is 5.01 Å². The van der Waals surface area contributed by atoms with Gasteiger partial charge in [0.2, 0.25) is 5.01 Å². The number of fused-ring (bicyclic) bond motifs is 1. The number of nitrogens with zero attached hydrogens (tertiary/aromatic N) is 1. The van der Waals surface area contributed by atoms with Crippen LogP contribution in [0.5, 0.6) is 0 Å². The molecule has 7 heteroatoms. The summed E-state index contributed by atoms with van der Waals surface area (Å²) in [6, 6.07) is 0. The van der Waals surface area contributed by atoms with Gasteiger partial charge in [-0.15, -0.1) is 36.2 Å². The number of nitrogens with one attached hydrogen (secondary N) is 1. The van der Waals surface area contributed by atoms with Gasteiger partial charge in [0.15, 0.2) is 0 Å². The molecule has 1 N–H and O–H groups in total. The van der Waals surface area contributed by atoms with Crippen molar-refractivity contribution in [1.82, 2.24) is 10.3 Å². The van der Waals surface area contributed by atoms with Crippen molar-refractivity contribution in [2.45, 2.75) is 13.1 Å². The second-order valence-electron chi connectivity index (χ2n) is 2.48. The van der Waals surface area contributed by atoms with Gasteiger partial charge in [-0.1, -0.05) is 0 Å². The lowest BCUT2D eigenvalue weighted by Crippen LogP contribution is -2.04. The maximum atomic E-state index is 11.0. The number of halogens is 2. The Hall–Kier alpha value is -0.360. The maximum absolute atomic E-state index is 11.0. The lowest BCUT2D eigenvalue weighted by atomic mass is 10.4. The maximum Gasteiger partial charge on any atom is 0.367 e. The Morgan fingerprint density at radius 2 is 2.21 bits per heavy atom. The number of hydrogen-bond acceptors (Lipinski definition) is 5. The molecule has 14 heavy (non-hydrogen) atoms. The number of thiazole rings is 1. The number of rotatable bonds is 1. The Balaban J connectivity index is 0.000000845. The highest BCUT2D eigenvalue weighted by atomic mass is 35.5. The molecule has 0 saturated heterocycles. The minimum Gasteiger partial charge on any atom is -0.464 e. The average Bonchev–Trinajstić information content (AvgIpc) is 2.60. The molecule has 2 heterocycles. The monoisotopic (exact) mass is 256 g/mol. The molecule has 1 aliphatic rings. The summed E-state index contributed by atoms with van der Waals surface area (Å²) in [5, 5.41) is 3.61. The van der Waals surface area contributed by atoms with Crippen LogP contribution in [0, 0.1) is 0 Å². The van der Waals surface area contributed by atoms with Gasteiger partial charge >= 0.3 is 5.97 Å². The fraction of sp³-hybridized carbons (Fsp3) is 0.429. The van der Waals surface area contributed by atoms with E-state index >= 15 is 0 Å². The van der Waals surface area contributed by atoms with Gasteiger partial charge in [0.1, 0.15) is 0 Å². The fourth-order valence-electron chi connectivity index (χ4n) is 1.13. The first kappa shape index (κ1) is 13.6. The normalized spacial score (nSPS) is 12.4. The van der Waals surface area contributed by atoms with Crippen molar-refractivity contribution in [2.24, 2.45) is 0 Å². The molecule has 0 saturated carbocycles. The van der Waals surface area contributed by atoms with Crippen molar-refractivity contribution in [3.8, 4) is 0 Å². The van der Waals surface area contributed by atoms with Crippen LogP contribution in [-0.4, -0.2) is 18.1 Å². The number of methoxy groups -OCH3 is 1. The molecule has 0 fully saturated rings. The number of hydrogen-bond donors (Lipinski definition) is 1. The molecular weight excluding hydrogens is 247 g/mol. The smallest absolute Gasteiger partial charge is 0.367 e. The van der Waals surface area contributed by atoms with E-state index in [2.05, 4.69) is 15.0 Å². The summed E-state index contributed by atoms with van der Waals surface area (Å²) in [5.41, 5.74) is 0.986. The van der Waals surface area contributed by atoms with Crippen LogP contribution in [0.3, 0.4) is 0 Å². The Morgan fingerprint density at radius 1 is 1.50 bits per heavy atom. The molecular formula is C7H10Cl2N2O2S. The van der Waals surface area contributed by atoms with Crippen molar-refractivity contribution in [1.29, 1.82) is 0 Å². The third-order valence-electron chi connectivity index (χ3n) is 1.72. The van der Waals surface area contributed by atoms with Crippen molar-refractivity contribution in [2.75, 3.05) is 7.11 Å². The second kappa shape index (κ2) is 5.50. The highest BCUT2D eigenvalue weighted by Crippen LogP contribution is 2.22. The predicted molar refractivity (Wildman–Crippen MR) is 58.5 cm³/mol. The topological polar surface area (TPSA) is 51.2 Å². The van der Waals surface area contributed by atoms with Crippen LogP contribution in [-0.2, 0) is 17.8 Å². The zero-order chi connectivity index (χ0) is 8.55. The summed E-state index contributed by atoms with van der Waals surface area (Å²) in [6.45, 7) is 1.59. The number of carbonyl (C=O) groups excluding carboxylic acids is 1. The minimum absolute atomic E-state index is 0. The summed E-state index contributed by atoms with van der Waals surface area (Å²) in [7, 11) is 1.37. The van der Waals surface area contributed by atoms with Crippen molar-refractivity contribution < 1.29 is 9.53 Å². The van der Waals surface area contributed by atoms with Gasteiger partial charge in [0.25, 0.3) is 0 Å². The predicted octanol–water partition coefficient (Wildman–Crippen LogP) is 1.38. The van der Waals surface area contributed by atoms with E-state index in [1.807, 2.05) is 0 Å². The molecule has 1 aromatic rings. The third kappa shape index (κ3) is 2.36. The van der Waals surface area contributed by atoms with E-state index in [4.69, 9.17) is 0 Å². The van der Waals surface area contributed by atoms with Gasteiger partial charge < -0.3 is 10.1 Å². The Morgan fingerprint density at radius 3 is 2.79 bits per heavy atom. The molecule has 0 unspecified atom stereocenters. The van der Waals surface area contributed by atoms with Crippen LogP contribution < -0.4 is 5.32 Å². The Kier molecular flexibility index (Phi) is 5.36. The van der Waals surface area contributed by atoms with Crippen LogP contribution in [0.4, 0.5) is 0 Å². The van der Waals surface area contributed by atoms with Gasteiger partial charge in [-0.3, -0.25) is 0 Å². The highest BCUT2D eigenvalue weighted by Gasteiger charge is 2.19. The zero-order valence-corrected chi connectivity index (χ0v) is 9.85. The second-order valence-corrected chi connectivity index (χ2v) is 3.57. The van der Waals surface area contributed by atoms with Crippen LogP contribution >= 0.6 is 36.2 Å². The molecule has 2 rings (SSSR count). The highest BCUT2D eigenvalue weighted by molar-refractivity contribution is 7.13. The first-order valence-corrected chi connectivity index (χ1v) is 4.40. The fourth-order valence-corrected chi connectivity index (χ4v) is 2.09. The number of carbonyl (C=O) groups is 1. The molecule has 4 nitrogen and oxygen atoms in total. The SMILES string of the molecule is COC(=O)c1nc2c(s1)CNC2.Cl.Cl. The Bertz CT molecular complexity index is 308. The van der Waals surface area contributed by atoms with Gasteiger partial charge in [0.05, 0.1) is 12.8 Å². The molecule has 0 radical (unpaired) electrons. The summed E-state index contributed by atoms with van der Waals surface area (Å²) in [5.74, 6) is -0.339. The lowest BCUT2D eigenvalue weighted by Gasteiger charge is -1.92. The van der Waals surface area contributed by atoms with E-state index in [1.165, 1.54) is 18.4 Å². The molecule has 0 aromatic carbocycles. The summed E-state index contributed by atoms with van der Waals surface area (Å²) in [4.78, 5) is 16.3. The van der Waals surface area contributed by atoms with Gasteiger partial charge in [0, 0.05) is 18.0 Å². The van der Waals surface area contributed by atoms with E-state index < -0.39 is 0 Å². The minimum atomic E-state index is -0.339. The first-order valence-electron chi connectivity index (χ1n) is 3.59. The number of ether oxygens (including phenoxy) is 1. The van der Waals surface area contributed by atoms with Crippen molar-refractivity contribution in [3.63, 3.8) is 0 Å². The van der Waals surface area contributed by atoms with E-state index in [1.54, 1.807) is 0 Å². The quantitative estimate of drug-likeness (QED) is 0.772. The van der Waals surface area contributed by atoms with Crippen LogP contribution in [0.15, 0.2) is 0 Å². The number of esters is 1. The van der Waals surface area contributed by atoms with Crippen LogP contribution in [0.1, 0.15) is 20.4 Å². The number of aromatic nitrogens is 1. The molecule has 0 aliphatic carbocycles. The summed E-state index contributed by atoms with van der Waals surface area (Å²) in [6.07, 6.45) is 0. The van der Waals surface area contributed by atoms with Crippen molar-refractivity contribution >= 4 is 42.1 Å². The molecule has 0 spiro atoms. The molecule has 0 amide bonds. The van der Waals surface area contributed by atoms with E-state index in [0.717, 1.165) is 23.7 Å². The average molecular weight is 257 g/mol.